The molecular formula is C16H16O3. The van der Waals surface area contributed by atoms with E-state index in [0.717, 1.165) is 5.56 Å². The molecule has 0 saturated carbocycles. The molecule has 0 N–H and O–H groups in total. The van der Waals surface area contributed by atoms with Gasteiger partial charge in [0.05, 0.1) is 24.5 Å². The van der Waals surface area contributed by atoms with Gasteiger partial charge in [-0.1, -0.05) is 36.4 Å². The zero-order chi connectivity index (χ0) is 13.5. The fraction of sp³-hybridized carbons (Fsp3) is 0.375. The van der Waals surface area contributed by atoms with Gasteiger partial charge >= 0.3 is 0 Å². The average molecular weight is 256 g/mol. The van der Waals surface area contributed by atoms with E-state index in [0.29, 0.717) is 25.2 Å². The zero-order valence-corrected chi connectivity index (χ0v) is 10.9. The van der Waals surface area contributed by atoms with E-state index >= 15 is 0 Å². The van der Waals surface area contributed by atoms with E-state index in [4.69, 9.17) is 4.74 Å². The van der Waals surface area contributed by atoms with E-state index < -0.39 is 5.41 Å². The molecule has 0 aromatic heterocycles. The first-order valence-electron chi connectivity index (χ1n) is 6.56. The molecule has 0 bridgehead atoms. The summed E-state index contributed by atoms with van der Waals surface area (Å²) in [6, 6.07) is 7.51. The first kappa shape index (κ1) is 12.3. The Morgan fingerprint density at radius 2 is 2.05 bits per heavy atom. The molecule has 0 unspecified atom stereocenters. The second-order valence-electron chi connectivity index (χ2n) is 5.38. The molecule has 2 aliphatic rings. The van der Waals surface area contributed by atoms with E-state index in [9.17, 15) is 9.59 Å². The van der Waals surface area contributed by atoms with Crippen LogP contribution in [0.4, 0.5) is 0 Å². The summed E-state index contributed by atoms with van der Waals surface area (Å²) >= 11 is 0. The number of rotatable bonds is 1. The Labute approximate surface area is 112 Å². The lowest BCUT2D eigenvalue weighted by molar-refractivity contribution is -0.133. The van der Waals surface area contributed by atoms with Crippen LogP contribution in [0.5, 0.6) is 0 Å². The van der Waals surface area contributed by atoms with E-state index in [2.05, 4.69) is 0 Å². The highest BCUT2D eigenvalue weighted by Crippen LogP contribution is 2.40. The minimum absolute atomic E-state index is 0.0226. The molecule has 1 aromatic rings. The molecule has 3 nitrogen and oxygen atoms in total. The summed E-state index contributed by atoms with van der Waals surface area (Å²) in [5.74, 6) is -0.209. The fourth-order valence-corrected chi connectivity index (χ4v) is 2.90. The van der Waals surface area contributed by atoms with Gasteiger partial charge in [-0.05, 0) is 12.5 Å². The normalized spacial score (nSPS) is 30.3. The summed E-state index contributed by atoms with van der Waals surface area (Å²) in [6.45, 7) is 2.66. The Hall–Kier alpha value is -1.74. The van der Waals surface area contributed by atoms with Crippen molar-refractivity contribution < 1.29 is 14.3 Å². The van der Waals surface area contributed by atoms with Gasteiger partial charge in [0.15, 0.2) is 5.78 Å². The monoisotopic (exact) mass is 256 g/mol. The molecule has 19 heavy (non-hydrogen) atoms. The minimum Gasteiger partial charge on any atom is -0.380 e. The topological polar surface area (TPSA) is 43.4 Å². The van der Waals surface area contributed by atoms with Crippen molar-refractivity contribution in [2.75, 3.05) is 13.2 Å². The standard InChI is InChI=1S/C16H16O3/c1-16(13-10-19-9-7-14(13)17)8-6-11-4-2-3-5-12(11)15(16)18/h2-6,8,13H,7,9-10H2,1H3/t13-,16-/m0/s1. The van der Waals surface area contributed by atoms with Crippen LogP contribution in [0.25, 0.3) is 6.08 Å². The SMILES string of the molecule is C[C@@]1([C@H]2COCCC2=O)C=Cc2ccccc2C1=O. The lowest BCUT2D eigenvalue weighted by atomic mass is 9.66. The number of benzene rings is 1. The van der Waals surface area contributed by atoms with Gasteiger partial charge in [-0.15, -0.1) is 0 Å². The van der Waals surface area contributed by atoms with E-state index in [1.165, 1.54) is 0 Å². The van der Waals surface area contributed by atoms with Gasteiger partial charge in [-0.25, -0.2) is 0 Å². The summed E-state index contributed by atoms with van der Waals surface area (Å²) in [6.07, 6.45) is 4.22. The lowest BCUT2D eigenvalue weighted by Gasteiger charge is -2.37. The zero-order valence-electron chi connectivity index (χ0n) is 10.9. The number of Topliss-reactive ketones (excluding diaryl/α,β-unsaturated/α-hetero) is 2. The molecule has 3 heteroatoms. The molecule has 1 aliphatic heterocycles. The first-order valence-corrected chi connectivity index (χ1v) is 6.56. The number of hydrogen-bond donors (Lipinski definition) is 0. The highest BCUT2D eigenvalue weighted by atomic mass is 16.5. The van der Waals surface area contributed by atoms with Gasteiger partial charge in [0.2, 0.25) is 0 Å². The predicted molar refractivity (Wildman–Crippen MR) is 71.8 cm³/mol. The number of allylic oxidation sites excluding steroid dienone is 1. The summed E-state index contributed by atoms with van der Waals surface area (Å²) in [5, 5.41) is 0. The number of hydrogen-bond acceptors (Lipinski definition) is 3. The molecule has 98 valence electrons. The molecule has 0 spiro atoms. The first-order chi connectivity index (χ1) is 9.13. The van der Waals surface area contributed by atoms with E-state index in [1.54, 1.807) is 0 Å². The number of ketones is 2. The Morgan fingerprint density at radius 1 is 1.26 bits per heavy atom. The quantitative estimate of drug-likeness (QED) is 0.775. The Morgan fingerprint density at radius 3 is 2.84 bits per heavy atom. The Balaban J connectivity index is 2.02. The van der Waals surface area contributed by atoms with Gasteiger partial charge in [-0.2, -0.15) is 0 Å². The maximum absolute atomic E-state index is 12.7. The number of fused-ring (bicyclic) bond motifs is 1. The van der Waals surface area contributed by atoms with Crippen molar-refractivity contribution in [1.82, 2.24) is 0 Å². The van der Waals surface area contributed by atoms with Crippen LogP contribution in [0.15, 0.2) is 30.3 Å². The number of ether oxygens (including phenoxy) is 1. The lowest BCUT2D eigenvalue weighted by Crippen LogP contribution is -2.45. The summed E-state index contributed by atoms with van der Waals surface area (Å²) in [4.78, 5) is 24.8. The van der Waals surface area contributed by atoms with Crippen LogP contribution in [0.3, 0.4) is 0 Å². The van der Waals surface area contributed by atoms with Crippen LogP contribution in [0, 0.1) is 11.3 Å². The van der Waals surface area contributed by atoms with Crippen LogP contribution >= 0.6 is 0 Å². The number of carbonyl (C=O) groups excluding carboxylic acids is 2. The molecular weight excluding hydrogens is 240 g/mol. The van der Waals surface area contributed by atoms with Gasteiger partial charge in [0, 0.05) is 12.0 Å². The Bertz CT molecular complexity index is 573. The largest absolute Gasteiger partial charge is 0.380 e. The van der Waals surface area contributed by atoms with Crippen molar-refractivity contribution in [3.8, 4) is 0 Å². The molecule has 1 aromatic carbocycles. The molecule has 2 atom stereocenters. The highest BCUT2D eigenvalue weighted by molar-refractivity contribution is 6.09. The Kier molecular flexibility index (Phi) is 2.86. The highest BCUT2D eigenvalue weighted by Gasteiger charge is 2.46. The molecule has 0 amide bonds. The summed E-state index contributed by atoms with van der Waals surface area (Å²) in [7, 11) is 0. The van der Waals surface area contributed by atoms with Crippen LogP contribution < -0.4 is 0 Å². The molecule has 1 saturated heterocycles. The van der Waals surface area contributed by atoms with Crippen molar-refractivity contribution in [3.63, 3.8) is 0 Å². The molecule has 1 fully saturated rings. The van der Waals surface area contributed by atoms with Crippen molar-refractivity contribution in [2.45, 2.75) is 13.3 Å². The smallest absolute Gasteiger partial charge is 0.173 e. The van der Waals surface area contributed by atoms with Crippen LogP contribution in [-0.4, -0.2) is 24.8 Å². The van der Waals surface area contributed by atoms with Crippen molar-refractivity contribution in [3.05, 3.63) is 41.5 Å². The van der Waals surface area contributed by atoms with Crippen LogP contribution in [-0.2, 0) is 9.53 Å². The molecule has 1 aliphatic carbocycles. The number of carbonyl (C=O) groups is 2. The van der Waals surface area contributed by atoms with Crippen molar-refractivity contribution >= 4 is 17.6 Å². The van der Waals surface area contributed by atoms with Gasteiger partial charge in [-0.3, -0.25) is 9.59 Å². The summed E-state index contributed by atoms with van der Waals surface area (Å²) in [5.41, 5.74) is 0.853. The van der Waals surface area contributed by atoms with Gasteiger partial charge < -0.3 is 4.74 Å². The maximum Gasteiger partial charge on any atom is 0.173 e. The second kappa shape index (κ2) is 4.42. The average Bonchev–Trinajstić information content (AvgIpc) is 2.44. The summed E-state index contributed by atoms with van der Waals surface area (Å²) < 4.78 is 5.40. The molecule has 1 heterocycles. The van der Waals surface area contributed by atoms with E-state index in [1.807, 2.05) is 43.3 Å². The molecule has 3 rings (SSSR count). The van der Waals surface area contributed by atoms with Crippen LogP contribution in [0.2, 0.25) is 0 Å². The minimum atomic E-state index is -0.772. The van der Waals surface area contributed by atoms with E-state index in [-0.39, 0.29) is 17.5 Å². The van der Waals surface area contributed by atoms with Crippen molar-refractivity contribution in [1.29, 1.82) is 0 Å². The van der Waals surface area contributed by atoms with Gasteiger partial charge in [0.25, 0.3) is 0 Å². The fourth-order valence-electron chi connectivity index (χ4n) is 2.90. The molecule has 0 radical (unpaired) electrons. The van der Waals surface area contributed by atoms with Gasteiger partial charge in [0.1, 0.15) is 5.78 Å². The second-order valence-corrected chi connectivity index (χ2v) is 5.38. The third kappa shape index (κ3) is 1.85. The maximum atomic E-state index is 12.7. The predicted octanol–water partition coefficient (Wildman–Crippen LogP) is 2.51. The third-order valence-corrected chi connectivity index (χ3v) is 4.19. The van der Waals surface area contributed by atoms with Crippen molar-refractivity contribution in [2.24, 2.45) is 11.3 Å². The third-order valence-electron chi connectivity index (χ3n) is 4.19. The van der Waals surface area contributed by atoms with Crippen LogP contribution in [0.1, 0.15) is 29.3 Å².